The van der Waals surface area contributed by atoms with Crippen LogP contribution in [0.15, 0.2) is 48.5 Å². The molecule has 0 bridgehead atoms. The molecule has 3 N–H and O–H groups in total. The van der Waals surface area contributed by atoms with Gasteiger partial charge in [0.15, 0.2) is 11.4 Å². The van der Waals surface area contributed by atoms with Gasteiger partial charge in [-0.2, -0.15) is 0 Å². The van der Waals surface area contributed by atoms with Crippen LogP contribution >= 0.6 is 0 Å². The molecule has 0 spiro atoms. The molecule has 6 heteroatoms. The number of aliphatic hydroxyl groups is 1. The average molecular weight is 338 g/mol. The number of amides is 2. The van der Waals surface area contributed by atoms with Crippen molar-refractivity contribution in [2.24, 2.45) is 5.73 Å². The molecule has 2 aromatic carbocycles. The molecule has 0 aromatic heterocycles. The normalized spacial score (nSPS) is 19.0. The van der Waals surface area contributed by atoms with Gasteiger partial charge in [-0.05, 0) is 13.0 Å². The van der Waals surface area contributed by atoms with Crippen molar-refractivity contribution >= 4 is 23.3 Å². The Hall–Kier alpha value is -2.99. The van der Waals surface area contributed by atoms with Gasteiger partial charge in [0.05, 0.1) is 12.1 Å². The average Bonchev–Trinajstić information content (AvgIpc) is 2.77. The third-order valence-corrected chi connectivity index (χ3v) is 4.34. The molecule has 2 aromatic rings. The van der Waals surface area contributed by atoms with Crippen LogP contribution in [0.4, 0.5) is 5.69 Å². The van der Waals surface area contributed by atoms with E-state index in [1.54, 1.807) is 48.5 Å². The molecule has 1 aliphatic heterocycles. The van der Waals surface area contributed by atoms with Crippen LogP contribution in [0.25, 0.3) is 0 Å². The quantitative estimate of drug-likeness (QED) is 0.802. The number of aryl methyl sites for hydroxylation is 1. The number of carbonyl (C=O) groups is 3. The Balaban J connectivity index is 1.96. The van der Waals surface area contributed by atoms with Gasteiger partial charge in [-0.3, -0.25) is 19.3 Å². The first-order valence-electron chi connectivity index (χ1n) is 7.85. The molecule has 0 aliphatic carbocycles. The summed E-state index contributed by atoms with van der Waals surface area (Å²) in [7, 11) is 0. The van der Waals surface area contributed by atoms with Crippen molar-refractivity contribution in [1.29, 1.82) is 0 Å². The van der Waals surface area contributed by atoms with Gasteiger partial charge < -0.3 is 10.8 Å². The Morgan fingerprint density at radius 3 is 2.40 bits per heavy atom. The molecule has 0 fully saturated rings. The zero-order valence-corrected chi connectivity index (χ0v) is 13.7. The summed E-state index contributed by atoms with van der Waals surface area (Å²) in [5.74, 6) is -1.77. The van der Waals surface area contributed by atoms with Crippen LogP contribution in [0.1, 0.15) is 27.9 Å². The number of anilines is 1. The maximum absolute atomic E-state index is 12.8. The summed E-state index contributed by atoms with van der Waals surface area (Å²) in [5, 5.41) is 11.0. The highest BCUT2D eigenvalue weighted by atomic mass is 16.3. The summed E-state index contributed by atoms with van der Waals surface area (Å²) >= 11 is 0. The number of carbonyl (C=O) groups excluding carboxylic acids is 3. The number of ketones is 1. The summed E-state index contributed by atoms with van der Waals surface area (Å²) in [4.78, 5) is 37.7. The minimum atomic E-state index is -2.01. The summed E-state index contributed by atoms with van der Waals surface area (Å²) in [5.41, 5.74) is 5.32. The monoisotopic (exact) mass is 338 g/mol. The number of rotatable bonds is 5. The number of nitrogens with two attached hydrogens (primary N) is 1. The van der Waals surface area contributed by atoms with E-state index in [9.17, 15) is 19.5 Å². The van der Waals surface area contributed by atoms with Crippen molar-refractivity contribution in [3.63, 3.8) is 0 Å². The number of hydrogen-bond acceptors (Lipinski definition) is 4. The number of hydrogen-bond donors (Lipinski definition) is 2. The Morgan fingerprint density at radius 2 is 1.76 bits per heavy atom. The number of Topliss-reactive ketones (excluding diaryl/α,β-unsaturated/α-hetero) is 1. The molecule has 1 atom stereocenters. The molecule has 25 heavy (non-hydrogen) atoms. The minimum Gasteiger partial charge on any atom is -0.375 e. The Bertz CT molecular complexity index is 860. The largest absolute Gasteiger partial charge is 0.375 e. The fourth-order valence-corrected chi connectivity index (χ4v) is 3.06. The number of para-hydroxylation sites is 1. The molecule has 0 saturated carbocycles. The van der Waals surface area contributed by atoms with Crippen molar-refractivity contribution in [2.75, 3.05) is 11.4 Å². The molecule has 6 nitrogen and oxygen atoms in total. The maximum Gasteiger partial charge on any atom is 0.264 e. The van der Waals surface area contributed by atoms with Crippen LogP contribution in [0.3, 0.4) is 0 Å². The number of fused-ring (bicyclic) bond motifs is 1. The Labute approximate surface area is 144 Å². The van der Waals surface area contributed by atoms with Gasteiger partial charge >= 0.3 is 0 Å². The van der Waals surface area contributed by atoms with Crippen molar-refractivity contribution in [2.45, 2.75) is 18.9 Å². The van der Waals surface area contributed by atoms with Crippen LogP contribution in [0.5, 0.6) is 0 Å². The molecular formula is C19H18N2O4. The van der Waals surface area contributed by atoms with Gasteiger partial charge in [0.1, 0.15) is 6.54 Å². The van der Waals surface area contributed by atoms with Crippen LogP contribution in [0, 0.1) is 6.92 Å². The van der Waals surface area contributed by atoms with E-state index in [2.05, 4.69) is 0 Å². The van der Waals surface area contributed by atoms with Gasteiger partial charge in [-0.15, -0.1) is 0 Å². The smallest absolute Gasteiger partial charge is 0.264 e. The van der Waals surface area contributed by atoms with Gasteiger partial charge in [-0.1, -0.05) is 48.0 Å². The predicted octanol–water partition coefficient (Wildman–Crippen LogP) is 1.29. The van der Waals surface area contributed by atoms with Crippen molar-refractivity contribution in [1.82, 2.24) is 0 Å². The first-order chi connectivity index (χ1) is 11.8. The van der Waals surface area contributed by atoms with Gasteiger partial charge in [-0.25, -0.2) is 0 Å². The third kappa shape index (κ3) is 2.92. The van der Waals surface area contributed by atoms with Crippen LogP contribution in [-0.2, 0) is 15.2 Å². The highest BCUT2D eigenvalue weighted by Gasteiger charge is 2.51. The standard InChI is InChI=1S/C19H18N2O4/c1-12-6-8-13(9-7-12)16(22)10-19(25)14-4-2-3-5-15(14)21(18(19)24)11-17(20)23/h2-9,25H,10-11H2,1H3,(H2,20,23). The molecule has 0 saturated heterocycles. The molecule has 1 unspecified atom stereocenters. The van der Waals surface area contributed by atoms with E-state index in [4.69, 9.17) is 5.73 Å². The molecule has 1 heterocycles. The second kappa shape index (κ2) is 6.14. The maximum atomic E-state index is 12.8. The number of nitrogens with zero attached hydrogens (tertiary/aromatic N) is 1. The molecule has 128 valence electrons. The lowest BCUT2D eigenvalue weighted by Crippen LogP contribution is -2.44. The summed E-state index contributed by atoms with van der Waals surface area (Å²) in [6.07, 6.45) is -0.402. The van der Waals surface area contributed by atoms with E-state index < -0.39 is 23.8 Å². The molecule has 0 radical (unpaired) electrons. The summed E-state index contributed by atoms with van der Waals surface area (Å²) in [6.45, 7) is 1.55. The van der Waals surface area contributed by atoms with E-state index in [-0.39, 0.29) is 12.3 Å². The SMILES string of the molecule is Cc1ccc(C(=O)CC2(O)C(=O)N(CC(N)=O)c3ccccc32)cc1. The van der Waals surface area contributed by atoms with Crippen LogP contribution < -0.4 is 10.6 Å². The molecule has 2 amide bonds. The van der Waals surface area contributed by atoms with E-state index in [0.717, 1.165) is 10.5 Å². The highest BCUT2D eigenvalue weighted by molar-refractivity contribution is 6.12. The van der Waals surface area contributed by atoms with E-state index in [1.165, 1.54) is 0 Å². The second-order valence-corrected chi connectivity index (χ2v) is 6.20. The van der Waals surface area contributed by atoms with E-state index in [1.807, 2.05) is 6.92 Å². The summed E-state index contributed by atoms with van der Waals surface area (Å²) in [6, 6.07) is 13.5. The van der Waals surface area contributed by atoms with E-state index >= 15 is 0 Å². The Kier molecular flexibility index (Phi) is 4.14. The number of benzene rings is 2. The third-order valence-electron chi connectivity index (χ3n) is 4.34. The minimum absolute atomic E-state index is 0.307. The fourth-order valence-electron chi connectivity index (χ4n) is 3.06. The predicted molar refractivity (Wildman–Crippen MR) is 92.0 cm³/mol. The van der Waals surface area contributed by atoms with Crippen molar-refractivity contribution in [3.05, 3.63) is 65.2 Å². The zero-order valence-electron chi connectivity index (χ0n) is 13.7. The van der Waals surface area contributed by atoms with Crippen molar-refractivity contribution < 1.29 is 19.5 Å². The van der Waals surface area contributed by atoms with Gasteiger partial charge in [0.25, 0.3) is 5.91 Å². The molecule has 3 rings (SSSR count). The second-order valence-electron chi connectivity index (χ2n) is 6.20. The number of primary amides is 1. The summed E-state index contributed by atoms with van der Waals surface area (Å²) < 4.78 is 0. The van der Waals surface area contributed by atoms with Crippen molar-refractivity contribution in [3.8, 4) is 0 Å². The topological polar surface area (TPSA) is 101 Å². The van der Waals surface area contributed by atoms with Crippen LogP contribution in [-0.4, -0.2) is 29.2 Å². The van der Waals surface area contributed by atoms with Gasteiger partial charge in [0, 0.05) is 11.1 Å². The highest BCUT2D eigenvalue weighted by Crippen LogP contribution is 2.42. The van der Waals surface area contributed by atoms with E-state index in [0.29, 0.717) is 16.8 Å². The fraction of sp³-hybridized carbons (Fsp3) is 0.211. The zero-order chi connectivity index (χ0) is 18.2. The first-order valence-corrected chi connectivity index (χ1v) is 7.85. The first kappa shape index (κ1) is 16.9. The lowest BCUT2D eigenvalue weighted by Gasteiger charge is -2.22. The lowest BCUT2D eigenvalue weighted by atomic mass is 9.88. The lowest BCUT2D eigenvalue weighted by molar-refractivity contribution is -0.136. The van der Waals surface area contributed by atoms with Crippen LogP contribution in [0.2, 0.25) is 0 Å². The molecular weight excluding hydrogens is 320 g/mol. The molecule has 1 aliphatic rings. The Morgan fingerprint density at radius 1 is 1.12 bits per heavy atom. The van der Waals surface area contributed by atoms with Gasteiger partial charge in [0.2, 0.25) is 5.91 Å².